The predicted molar refractivity (Wildman–Crippen MR) is 322 cm³/mol. The van der Waals surface area contributed by atoms with E-state index < -0.39 is 0 Å². The lowest BCUT2D eigenvalue weighted by molar-refractivity contribution is 1.19. The molecule has 20 rings (SSSR count). The highest BCUT2D eigenvalue weighted by Gasteiger charge is 2.09. The van der Waals surface area contributed by atoms with Gasteiger partial charge in [0.05, 0.1) is 68.4 Å². The molecule has 372 valence electrons. The molecule has 0 amide bonds. The van der Waals surface area contributed by atoms with Gasteiger partial charge in [-0.25, -0.2) is 20.0 Å². The van der Waals surface area contributed by atoms with Crippen LogP contribution in [0.5, 0.6) is 0 Å². The summed E-state index contributed by atoms with van der Waals surface area (Å²) in [5.74, 6) is 0. The van der Waals surface area contributed by atoms with E-state index in [1.165, 1.54) is 22.3 Å². The van der Waals surface area contributed by atoms with Gasteiger partial charge in [0.1, 0.15) is 0 Å². The third kappa shape index (κ3) is 13.6. The summed E-state index contributed by atoms with van der Waals surface area (Å²) in [6.07, 6.45) is 25.1. The van der Waals surface area contributed by atoms with Crippen molar-refractivity contribution in [1.29, 1.82) is 0 Å². The number of nitrogens with zero attached hydrogens (tertiary/aromatic N) is 8. The summed E-state index contributed by atoms with van der Waals surface area (Å²) in [5.41, 5.74) is 18.4. The molecule has 0 spiro atoms. The number of benzene rings is 6. The summed E-state index contributed by atoms with van der Waals surface area (Å²) in [5, 5.41) is 0. The molecule has 14 heterocycles. The van der Waals surface area contributed by atoms with Crippen LogP contribution in [-0.2, 0) is 12.8 Å². The lowest BCUT2D eigenvalue weighted by Crippen LogP contribution is -1.99. The zero-order chi connectivity index (χ0) is 52.6. The highest BCUT2D eigenvalue weighted by Crippen LogP contribution is 2.24. The summed E-state index contributed by atoms with van der Waals surface area (Å²) >= 11 is 0. The number of pyridine rings is 4. The molecule has 4 aromatic heterocycles. The van der Waals surface area contributed by atoms with Crippen molar-refractivity contribution in [3.05, 3.63) is 335 Å². The van der Waals surface area contributed by atoms with Crippen LogP contribution in [0.1, 0.15) is 67.3 Å². The minimum atomic E-state index is 0.763. The summed E-state index contributed by atoms with van der Waals surface area (Å²) in [6.45, 7) is 0. The van der Waals surface area contributed by atoms with Gasteiger partial charge in [-0.2, -0.15) is 0 Å². The number of allylic oxidation sites excluding steroid dienone is 4. The standard InChI is InChI=1S/C70H52N8/c1-5-45-71-63(9-1)67-41-29-51-13-15-52(16-14-51)30-42-68(64-10-2-6-46-72-64)76-61-37-25-57(26-38-61)50-58-27-39-62(40-28-58)78-70(66-12-4-8-48-74-66)44-32-54-19-17-53(18-20-54)31-43-69(65-11-3-7-47-73-65)77-60-35-23-56(24-36-60)49-55-21-33-59(75-67)34-22-55/h1-48H,49-50H2. The highest BCUT2D eigenvalue weighted by molar-refractivity contribution is 6.13. The first-order valence-electron chi connectivity index (χ1n) is 25.9. The van der Waals surface area contributed by atoms with E-state index in [1.54, 1.807) is 24.8 Å². The van der Waals surface area contributed by atoms with Crippen molar-refractivity contribution >= 4 is 69.9 Å². The first-order valence-corrected chi connectivity index (χ1v) is 25.9. The molecule has 0 unspecified atom stereocenters. The van der Waals surface area contributed by atoms with Gasteiger partial charge < -0.3 is 0 Å². The molecule has 0 saturated carbocycles. The zero-order valence-corrected chi connectivity index (χ0v) is 42.7. The molecule has 10 aromatic rings. The number of aliphatic imine (C=N–C) groups is 4. The van der Waals surface area contributed by atoms with Crippen molar-refractivity contribution in [3.63, 3.8) is 0 Å². The topological polar surface area (TPSA) is 101 Å². The number of hydrogen-bond acceptors (Lipinski definition) is 8. The van der Waals surface area contributed by atoms with Gasteiger partial charge in [-0.3, -0.25) is 19.9 Å². The van der Waals surface area contributed by atoms with Crippen molar-refractivity contribution in [1.82, 2.24) is 19.9 Å². The second-order valence-corrected chi connectivity index (χ2v) is 18.5. The van der Waals surface area contributed by atoms with E-state index in [1.807, 2.05) is 97.1 Å². The maximum Gasteiger partial charge on any atom is 0.0893 e. The zero-order valence-electron chi connectivity index (χ0n) is 42.7. The maximum absolute atomic E-state index is 5.08. The molecule has 0 atom stereocenters. The molecule has 8 nitrogen and oxygen atoms in total. The minimum absolute atomic E-state index is 0.763. The van der Waals surface area contributed by atoms with Crippen LogP contribution < -0.4 is 0 Å². The van der Waals surface area contributed by atoms with E-state index in [2.05, 4.69) is 190 Å². The quantitative estimate of drug-likeness (QED) is 0.175. The molecular weight excluding hydrogens is 953 g/mol. The third-order valence-electron chi connectivity index (χ3n) is 12.9. The monoisotopic (exact) mass is 1000 g/mol. The van der Waals surface area contributed by atoms with Crippen molar-refractivity contribution in [3.8, 4) is 0 Å². The van der Waals surface area contributed by atoms with Crippen LogP contribution in [0, 0.1) is 0 Å². The fraction of sp³-hybridized carbons (Fsp3) is 0.0286. The second-order valence-electron chi connectivity index (χ2n) is 18.5. The van der Waals surface area contributed by atoms with Gasteiger partial charge in [0.25, 0.3) is 0 Å². The first kappa shape index (κ1) is 49.8. The molecule has 8 heteroatoms. The van der Waals surface area contributed by atoms with E-state index >= 15 is 0 Å². The van der Waals surface area contributed by atoms with Crippen LogP contribution in [0.15, 0.2) is 287 Å². The molecule has 0 N–H and O–H groups in total. The summed E-state index contributed by atoms with van der Waals surface area (Å²) < 4.78 is 0. The summed E-state index contributed by atoms with van der Waals surface area (Å²) in [4.78, 5) is 38.9. The Bertz CT molecular complexity index is 3330. The van der Waals surface area contributed by atoms with Gasteiger partial charge in [-0.1, -0.05) is 146 Å². The Balaban J connectivity index is 0.913. The Morgan fingerprint density at radius 2 is 0.423 bits per heavy atom. The van der Waals surface area contributed by atoms with E-state index in [0.29, 0.717) is 0 Å². The largest absolute Gasteiger partial charge is 0.255 e. The van der Waals surface area contributed by atoms with E-state index in [9.17, 15) is 0 Å². The second kappa shape index (κ2) is 24.7. The Kier molecular flexibility index (Phi) is 15.8. The Labute approximate surface area is 455 Å². The third-order valence-corrected chi connectivity index (χ3v) is 12.9. The molecule has 0 radical (unpaired) electrons. The van der Waals surface area contributed by atoms with E-state index in [0.717, 1.165) is 103 Å². The minimum Gasteiger partial charge on any atom is -0.255 e. The number of hydrogen-bond donors (Lipinski definition) is 0. The average molecular weight is 1010 g/mol. The fourth-order valence-corrected chi connectivity index (χ4v) is 8.69. The number of aromatic nitrogens is 4. The molecule has 78 heavy (non-hydrogen) atoms. The molecule has 0 saturated heterocycles. The molecule has 10 aliphatic rings. The lowest BCUT2D eigenvalue weighted by atomic mass is 10.0. The van der Waals surface area contributed by atoms with Crippen molar-refractivity contribution in [2.75, 3.05) is 0 Å². The smallest absolute Gasteiger partial charge is 0.0893 e. The fourth-order valence-electron chi connectivity index (χ4n) is 8.69. The van der Waals surface area contributed by atoms with Gasteiger partial charge in [0.15, 0.2) is 0 Å². The summed E-state index contributed by atoms with van der Waals surface area (Å²) in [6, 6.07) is 73.9. The van der Waals surface area contributed by atoms with Gasteiger partial charge in [0, 0.05) is 24.8 Å². The van der Waals surface area contributed by atoms with Crippen molar-refractivity contribution in [2.45, 2.75) is 12.8 Å². The Hall–Kier alpha value is -10.4. The summed E-state index contributed by atoms with van der Waals surface area (Å²) in [7, 11) is 0. The van der Waals surface area contributed by atoms with Crippen LogP contribution in [0.3, 0.4) is 0 Å². The molecule has 10 aliphatic heterocycles. The highest BCUT2D eigenvalue weighted by atomic mass is 14.8. The van der Waals surface area contributed by atoms with Crippen LogP contribution >= 0.6 is 0 Å². The molecule has 12 bridgehead atoms. The molecule has 0 fully saturated rings. The van der Waals surface area contributed by atoms with Gasteiger partial charge >= 0.3 is 0 Å². The van der Waals surface area contributed by atoms with Crippen LogP contribution in [-0.4, -0.2) is 42.8 Å². The van der Waals surface area contributed by atoms with Gasteiger partial charge in [0.2, 0.25) is 0 Å². The van der Waals surface area contributed by atoms with E-state index in [4.69, 9.17) is 20.0 Å². The van der Waals surface area contributed by atoms with Crippen LogP contribution in [0.2, 0.25) is 0 Å². The van der Waals surface area contributed by atoms with E-state index in [-0.39, 0.29) is 0 Å². The van der Waals surface area contributed by atoms with Crippen molar-refractivity contribution < 1.29 is 0 Å². The first-order chi connectivity index (χ1) is 38.6. The normalized spacial score (nSPS) is 13.1. The molecular formula is C70H52N8. The van der Waals surface area contributed by atoms with Crippen molar-refractivity contribution in [2.24, 2.45) is 20.0 Å². The van der Waals surface area contributed by atoms with Gasteiger partial charge in [-0.05, 0) is 179 Å². The average Bonchev–Trinajstić information content (AvgIpc) is 3.51. The molecule has 6 aromatic carbocycles. The SMILES string of the molecule is C1=Cc2ccc(cc2)C=CC(c2ccccn2)=Nc2ccc(cc2)Cc2ccc(cc2)N=C(c2ccccn2)C=Cc2ccc(cc2)C=CC(c2ccccn2)=Nc2ccc(cc2)Cc2ccc(cc2)N=C1c1ccccn1. The van der Waals surface area contributed by atoms with Crippen LogP contribution in [0.25, 0.3) is 24.3 Å². The lowest BCUT2D eigenvalue weighted by Gasteiger charge is -2.06. The number of rotatable bonds is 4. The maximum atomic E-state index is 5.08. The van der Waals surface area contributed by atoms with Gasteiger partial charge in [-0.15, -0.1) is 0 Å². The Morgan fingerprint density at radius 3 is 0.615 bits per heavy atom. The Morgan fingerprint density at radius 1 is 0.205 bits per heavy atom. The molecule has 0 aliphatic carbocycles. The predicted octanol–water partition coefficient (Wildman–Crippen LogP) is 16.1. The van der Waals surface area contributed by atoms with Crippen LogP contribution in [0.4, 0.5) is 22.7 Å².